The van der Waals surface area contributed by atoms with Gasteiger partial charge >= 0.3 is 0 Å². The molecule has 0 spiro atoms. The lowest BCUT2D eigenvalue weighted by Crippen LogP contribution is -2.08. The molecular formula is C14H19N3S. The zero-order valence-electron chi connectivity index (χ0n) is 11.1. The highest BCUT2D eigenvalue weighted by Gasteiger charge is 2.13. The van der Waals surface area contributed by atoms with Crippen LogP contribution in [0.1, 0.15) is 25.8 Å². The Balaban J connectivity index is 2.36. The highest BCUT2D eigenvalue weighted by Crippen LogP contribution is 2.22. The third kappa shape index (κ3) is 2.75. The monoisotopic (exact) mass is 261 g/mol. The summed E-state index contributed by atoms with van der Waals surface area (Å²) in [6.07, 6.45) is 1.14. The SMILES string of the molecule is CCC(C)Cn1c(S)nnc1-c1ccc(C)cc1. The van der Waals surface area contributed by atoms with Crippen molar-refractivity contribution in [3.05, 3.63) is 29.8 Å². The standard InChI is InChI=1S/C14H19N3S/c1-4-10(2)9-17-13(15-16-14(17)18)12-7-5-11(3)6-8-12/h5-8,10H,4,9H2,1-3H3,(H,16,18). The van der Waals surface area contributed by atoms with Crippen molar-refractivity contribution < 1.29 is 0 Å². The smallest absolute Gasteiger partial charge is 0.188 e. The van der Waals surface area contributed by atoms with E-state index in [2.05, 4.69) is 72.4 Å². The summed E-state index contributed by atoms with van der Waals surface area (Å²) in [6.45, 7) is 7.41. The van der Waals surface area contributed by atoms with Gasteiger partial charge in [-0.15, -0.1) is 22.8 Å². The normalized spacial score (nSPS) is 12.7. The van der Waals surface area contributed by atoms with E-state index < -0.39 is 0 Å². The lowest BCUT2D eigenvalue weighted by atomic mass is 10.1. The molecule has 0 N–H and O–H groups in total. The van der Waals surface area contributed by atoms with Crippen LogP contribution < -0.4 is 0 Å². The fourth-order valence-corrected chi connectivity index (χ4v) is 2.04. The summed E-state index contributed by atoms with van der Waals surface area (Å²) in [4.78, 5) is 0. The summed E-state index contributed by atoms with van der Waals surface area (Å²) in [5.41, 5.74) is 2.34. The lowest BCUT2D eigenvalue weighted by molar-refractivity contribution is 0.451. The Morgan fingerprint density at radius 1 is 1.22 bits per heavy atom. The van der Waals surface area contributed by atoms with Gasteiger partial charge in [0.1, 0.15) is 0 Å². The van der Waals surface area contributed by atoms with Crippen LogP contribution in [0.2, 0.25) is 0 Å². The maximum atomic E-state index is 4.39. The second-order valence-electron chi connectivity index (χ2n) is 4.81. The first-order valence-electron chi connectivity index (χ1n) is 6.31. The Hall–Kier alpha value is -1.29. The third-order valence-electron chi connectivity index (χ3n) is 3.23. The molecule has 1 atom stereocenters. The molecule has 1 heterocycles. The van der Waals surface area contributed by atoms with Crippen LogP contribution in [0.3, 0.4) is 0 Å². The van der Waals surface area contributed by atoms with Gasteiger partial charge in [0, 0.05) is 12.1 Å². The Labute approximate surface area is 114 Å². The zero-order valence-corrected chi connectivity index (χ0v) is 12.0. The highest BCUT2D eigenvalue weighted by atomic mass is 32.1. The van der Waals surface area contributed by atoms with Crippen molar-refractivity contribution in [3.63, 3.8) is 0 Å². The topological polar surface area (TPSA) is 30.7 Å². The van der Waals surface area contributed by atoms with Gasteiger partial charge in [0.25, 0.3) is 0 Å². The number of aromatic nitrogens is 3. The fourth-order valence-electron chi connectivity index (χ4n) is 1.82. The van der Waals surface area contributed by atoms with Gasteiger partial charge in [-0.05, 0) is 12.8 Å². The molecule has 0 saturated heterocycles. The molecule has 4 heteroatoms. The number of nitrogens with zero attached hydrogens (tertiary/aromatic N) is 3. The van der Waals surface area contributed by atoms with Crippen molar-refractivity contribution in [3.8, 4) is 11.4 Å². The molecule has 0 radical (unpaired) electrons. The van der Waals surface area contributed by atoms with E-state index in [1.807, 2.05) is 0 Å². The molecule has 0 fully saturated rings. The Morgan fingerprint density at radius 2 is 1.89 bits per heavy atom. The number of benzene rings is 1. The van der Waals surface area contributed by atoms with E-state index in [0.29, 0.717) is 11.1 Å². The van der Waals surface area contributed by atoms with Crippen molar-refractivity contribution in [2.75, 3.05) is 0 Å². The van der Waals surface area contributed by atoms with E-state index in [-0.39, 0.29) is 0 Å². The maximum absolute atomic E-state index is 4.39. The van der Waals surface area contributed by atoms with E-state index >= 15 is 0 Å². The molecule has 2 rings (SSSR count). The molecule has 2 aromatic rings. The van der Waals surface area contributed by atoms with Crippen molar-refractivity contribution in [1.82, 2.24) is 14.8 Å². The summed E-state index contributed by atoms with van der Waals surface area (Å²) in [5.74, 6) is 1.50. The third-order valence-corrected chi connectivity index (χ3v) is 3.56. The van der Waals surface area contributed by atoms with Gasteiger partial charge in [-0.2, -0.15) is 0 Å². The number of hydrogen-bond acceptors (Lipinski definition) is 3. The van der Waals surface area contributed by atoms with Gasteiger partial charge in [0.05, 0.1) is 0 Å². The largest absolute Gasteiger partial charge is 0.302 e. The van der Waals surface area contributed by atoms with Crippen LogP contribution in [-0.2, 0) is 6.54 Å². The van der Waals surface area contributed by atoms with E-state index in [0.717, 1.165) is 24.4 Å². The van der Waals surface area contributed by atoms with Crippen LogP contribution in [0, 0.1) is 12.8 Å². The second-order valence-corrected chi connectivity index (χ2v) is 5.21. The number of hydrogen-bond donors (Lipinski definition) is 1. The van der Waals surface area contributed by atoms with E-state index in [4.69, 9.17) is 0 Å². The van der Waals surface area contributed by atoms with Crippen molar-refractivity contribution in [2.45, 2.75) is 38.9 Å². The van der Waals surface area contributed by atoms with Gasteiger partial charge in [-0.3, -0.25) is 0 Å². The average Bonchev–Trinajstić information content (AvgIpc) is 2.72. The van der Waals surface area contributed by atoms with Gasteiger partial charge in [0.15, 0.2) is 11.0 Å². The predicted molar refractivity (Wildman–Crippen MR) is 76.9 cm³/mol. The van der Waals surface area contributed by atoms with Crippen LogP contribution in [0.15, 0.2) is 29.4 Å². The first kappa shape index (κ1) is 13.1. The Bertz CT molecular complexity index is 516. The summed E-state index contributed by atoms with van der Waals surface area (Å²) < 4.78 is 2.09. The molecule has 96 valence electrons. The number of thiol groups is 1. The molecular weight excluding hydrogens is 242 g/mol. The first-order chi connectivity index (χ1) is 8.61. The molecule has 0 bridgehead atoms. The number of rotatable bonds is 4. The van der Waals surface area contributed by atoms with Crippen molar-refractivity contribution in [1.29, 1.82) is 0 Å². The quantitative estimate of drug-likeness (QED) is 0.853. The van der Waals surface area contributed by atoms with E-state index in [1.165, 1.54) is 5.56 Å². The summed E-state index contributed by atoms with van der Waals surface area (Å²) >= 11 is 4.39. The van der Waals surface area contributed by atoms with Gasteiger partial charge < -0.3 is 4.57 Å². The van der Waals surface area contributed by atoms with Crippen molar-refractivity contribution >= 4 is 12.6 Å². The van der Waals surface area contributed by atoms with Crippen LogP contribution in [0.25, 0.3) is 11.4 Å². The minimum absolute atomic E-state index is 0.594. The van der Waals surface area contributed by atoms with Gasteiger partial charge in [-0.1, -0.05) is 50.1 Å². The second kappa shape index (κ2) is 5.57. The Morgan fingerprint density at radius 3 is 2.50 bits per heavy atom. The molecule has 0 aliphatic heterocycles. The van der Waals surface area contributed by atoms with Crippen LogP contribution in [-0.4, -0.2) is 14.8 Å². The van der Waals surface area contributed by atoms with Gasteiger partial charge in [0.2, 0.25) is 0 Å². The van der Waals surface area contributed by atoms with E-state index in [9.17, 15) is 0 Å². The average molecular weight is 261 g/mol. The molecule has 1 unspecified atom stereocenters. The zero-order chi connectivity index (χ0) is 13.1. The molecule has 1 aromatic heterocycles. The highest BCUT2D eigenvalue weighted by molar-refractivity contribution is 7.80. The summed E-state index contributed by atoms with van der Waals surface area (Å²) in [5, 5.41) is 9.01. The van der Waals surface area contributed by atoms with Crippen LogP contribution in [0.4, 0.5) is 0 Å². The predicted octanol–water partition coefficient (Wildman–Crippen LogP) is 3.59. The van der Waals surface area contributed by atoms with Crippen LogP contribution in [0.5, 0.6) is 0 Å². The number of aryl methyl sites for hydroxylation is 1. The fraction of sp³-hybridized carbons (Fsp3) is 0.429. The summed E-state index contributed by atoms with van der Waals surface area (Å²) in [6, 6.07) is 8.35. The molecule has 1 aromatic carbocycles. The van der Waals surface area contributed by atoms with Crippen molar-refractivity contribution in [2.24, 2.45) is 5.92 Å². The van der Waals surface area contributed by atoms with Gasteiger partial charge in [-0.25, -0.2) is 0 Å². The Kier molecular flexibility index (Phi) is 4.07. The van der Waals surface area contributed by atoms with Crippen LogP contribution >= 0.6 is 12.6 Å². The minimum Gasteiger partial charge on any atom is -0.302 e. The maximum Gasteiger partial charge on any atom is 0.188 e. The molecule has 3 nitrogen and oxygen atoms in total. The molecule has 18 heavy (non-hydrogen) atoms. The first-order valence-corrected chi connectivity index (χ1v) is 6.75. The summed E-state index contributed by atoms with van der Waals surface area (Å²) in [7, 11) is 0. The molecule has 0 amide bonds. The molecule has 0 aliphatic carbocycles. The molecule has 0 saturated carbocycles. The molecule has 0 aliphatic rings. The lowest BCUT2D eigenvalue weighted by Gasteiger charge is -2.13. The minimum atomic E-state index is 0.594. The van der Waals surface area contributed by atoms with E-state index in [1.54, 1.807) is 0 Å².